The number of hydrogen-bond acceptors (Lipinski definition) is 2. The molecule has 120 valence electrons. The molecule has 0 saturated carbocycles. The maximum atomic E-state index is 14.3. The van der Waals surface area contributed by atoms with E-state index in [4.69, 9.17) is 11.6 Å². The highest BCUT2D eigenvalue weighted by Gasteiger charge is 2.16. The second kappa shape index (κ2) is 7.01. The number of rotatable bonds is 3. The summed E-state index contributed by atoms with van der Waals surface area (Å²) in [4.78, 5) is 14.3. The molecule has 2 aromatic rings. The lowest BCUT2D eigenvalue weighted by molar-refractivity contribution is 0.102. The summed E-state index contributed by atoms with van der Waals surface area (Å²) in [6.07, 6.45) is 3.37. The van der Waals surface area contributed by atoms with Crippen LogP contribution in [0.4, 0.5) is 15.8 Å². The molecular formula is C18H18ClFN2O. The minimum absolute atomic E-state index is 0.316. The number of anilines is 2. The highest BCUT2D eigenvalue weighted by Crippen LogP contribution is 2.26. The third-order valence-electron chi connectivity index (χ3n) is 4.02. The van der Waals surface area contributed by atoms with Gasteiger partial charge in [0.05, 0.1) is 16.3 Å². The number of nitrogens with one attached hydrogen (secondary N) is 1. The van der Waals surface area contributed by atoms with Gasteiger partial charge in [0.2, 0.25) is 0 Å². The van der Waals surface area contributed by atoms with E-state index in [1.54, 1.807) is 36.4 Å². The Hall–Kier alpha value is -2.07. The number of benzene rings is 2. The summed E-state index contributed by atoms with van der Waals surface area (Å²) in [5.41, 5.74) is 1.39. The molecule has 0 spiro atoms. The van der Waals surface area contributed by atoms with Crippen LogP contribution in [0.5, 0.6) is 0 Å². The molecule has 0 atom stereocenters. The van der Waals surface area contributed by atoms with Crippen molar-refractivity contribution in [1.29, 1.82) is 0 Å². The Morgan fingerprint density at radius 2 is 1.83 bits per heavy atom. The van der Waals surface area contributed by atoms with Gasteiger partial charge >= 0.3 is 0 Å². The zero-order chi connectivity index (χ0) is 16.2. The van der Waals surface area contributed by atoms with Crippen LogP contribution in [0, 0.1) is 5.82 Å². The van der Waals surface area contributed by atoms with Gasteiger partial charge < -0.3 is 10.2 Å². The minimum Gasteiger partial charge on any atom is -0.369 e. The van der Waals surface area contributed by atoms with Gasteiger partial charge in [-0.1, -0.05) is 23.7 Å². The van der Waals surface area contributed by atoms with Crippen molar-refractivity contribution in [2.75, 3.05) is 23.3 Å². The van der Waals surface area contributed by atoms with Crippen LogP contribution in [-0.2, 0) is 0 Å². The third-order valence-corrected chi connectivity index (χ3v) is 4.35. The third kappa shape index (κ3) is 3.64. The molecule has 1 heterocycles. The molecule has 2 aromatic carbocycles. The Morgan fingerprint density at radius 1 is 1.09 bits per heavy atom. The van der Waals surface area contributed by atoms with Crippen molar-refractivity contribution < 1.29 is 9.18 Å². The number of piperidine rings is 1. The van der Waals surface area contributed by atoms with Crippen molar-refractivity contribution in [3.8, 4) is 0 Å². The maximum Gasteiger partial charge on any atom is 0.257 e. The molecule has 0 radical (unpaired) electrons. The van der Waals surface area contributed by atoms with E-state index in [1.165, 1.54) is 12.5 Å². The topological polar surface area (TPSA) is 32.3 Å². The monoisotopic (exact) mass is 332 g/mol. The summed E-state index contributed by atoms with van der Waals surface area (Å²) >= 11 is 6.00. The Morgan fingerprint density at radius 3 is 2.52 bits per heavy atom. The maximum absolute atomic E-state index is 14.3. The van der Waals surface area contributed by atoms with E-state index in [0.29, 0.717) is 22.0 Å². The molecule has 1 aliphatic heterocycles. The zero-order valence-corrected chi connectivity index (χ0v) is 13.4. The summed E-state index contributed by atoms with van der Waals surface area (Å²) in [7, 11) is 0. The average Bonchev–Trinajstić information content (AvgIpc) is 2.56. The fourth-order valence-electron chi connectivity index (χ4n) is 2.82. The highest BCUT2D eigenvalue weighted by atomic mass is 35.5. The number of carbonyl (C=O) groups excluding carboxylic acids is 1. The van der Waals surface area contributed by atoms with E-state index >= 15 is 0 Å². The second-order valence-electron chi connectivity index (χ2n) is 5.65. The van der Waals surface area contributed by atoms with Crippen molar-refractivity contribution in [2.24, 2.45) is 0 Å². The van der Waals surface area contributed by atoms with Gasteiger partial charge in [-0.2, -0.15) is 0 Å². The first-order chi connectivity index (χ1) is 11.1. The van der Waals surface area contributed by atoms with Crippen molar-refractivity contribution in [3.63, 3.8) is 0 Å². The molecule has 3 nitrogen and oxygen atoms in total. The molecule has 3 rings (SSSR count). The van der Waals surface area contributed by atoms with Crippen molar-refractivity contribution in [3.05, 3.63) is 58.9 Å². The van der Waals surface area contributed by atoms with Crippen molar-refractivity contribution >= 4 is 28.9 Å². The molecule has 1 N–H and O–H groups in total. The van der Waals surface area contributed by atoms with E-state index in [1.807, 2.05) is 0 Å². The SMILES string of the molecule is O=C(Nc1ccc(N2CCCCC2)c(F)c1)c1ccccc1Cl. The molecule has 23 heavy (non-hydrogen) atoms. The standard InChI is InChI=1S/C18H18ClFN2O/c19-15-7-3-2-6-14(15)18(23)21-13-8-9-17(16(20)12-13)22-10-4-1-5-11-22/h2-3,6-9,12H,1,4-5,10-11H2,(H,21,23). The summed E-state index contributed by atoms with van der Waals surface area (Å²) in [6.45, 7) is 1.75. The predicted octanol–water partition coefficient (Wildman–Crippen LogP) is 4.72. The number of carbonyl (C=O) groups is 1. The summed E-state index contributed by atoms with van der Waals surface area (Å²) in [5, 5.41) is 3.06. The largest absolute Gasteiger partial charge is 0.369 e. The molecule has 5 heteroatoms. The number of hydrogen-bond donors (Lipinski definition) is 1. The first-order valence-corrected chi connectivity index (χ1v) is 8.13. The minimum atomic E-state index is -0.347. The molecule has 1 aliphatic rings. The fourth-order valence-corrected chi connectivity index (χ4v) is 3.04. The van der Waals surface area contributed by atoms with E-state index in [9.17, 15) is 9.18 Å². The van der Waals surface area contributed by atoms with E-state index in [0.717, 1.165) is 25.9 Å². The Bertz CT molecular complexity index is 714. The van der Waals surface area contributed by atoms with Crippen LogP contribution < -0.4 is 10.2 Å². The Kier molecular flexibility index (Phi) is 4.82. The predicted molar refractivity (Wildman–Crippen MR) is 91.9 cm³/mol. The Labute approximate surface area is 140 Å². The van der Waals surface area contributed by atoms with E-state index in [-0.39, 0.29) is 11.7 Å². The van der Waals surface area contributed by atoms with Gasteiger partial charge in [-0.3, -0.25) is 4.79 Å². The van der Waals surface area contributed by atoms with Crippen molar-refractivity contribution in [1.82, 2.24) is 0 Å². The number of amides is 1. The zero-order valence-electron chi connectivity index (χ0n) is 12.7. The lowest BCUT2D eigenvalue weighted by Gasteiger charge is -2.29. The molecule has 1 saturated heterocycles. The lowest BCUT2D eigenvalue weighted by atomic mass is 10.1. The van der Waals surface area contributed by atoms with Gasteiger partial charge in [-0.25, -0.2) is 4.39 Å². The van der Waals surface area contributed by atoms with Gasteiger partial charge in [0.15, 0.2) is 0 Å². The van der Waals surface area contributed by atoms with E-state index in [2.05, 4.69) is 10.2 Å². The molecule has 1 fully saturated rings. The quantitative estimate of drug-likeness (QED) is 0.882. The first-order valence-electron chi connectivity index (χ1n) is 7.75. The number of nitrogens with zero attached hydrogens (tertiary/aromatic N) is 1. The lowest BCUT2D eigenvalue weighted by Crippen LogP contribution is -2.30. The van der Waals surface area contributed by atoms with Crippen LogP contribution in [0.15, 0.2) is 42.5 Å². The van der Waals surface area contributed by atoms with Gasteiger partial charge in [0, 0.05) is 18.8 Å². The number of halogens is 2. The van der Waals surface area contributed by atoms with Crippen LogP contribution in [0.25, 0.3) is 0 Å². The summed E-state index contributed by atoms with van der Waals surface area (Å²) in [6, 6.07) is 11.6. The van der Waals surface area contributed by atoms with E-state index < -0.39 is 0 Å². The molecule has 0 bridgehead atoms. The molecule has 0 aromatic heterocycles. The van der Waals surface area contributed by atoms with Crippen LogP contribution in [0.2, 0.25) is 5.02 Å². The molecule has 0 unspecified atom stereocenters. The van der Waals surface area contributed by atoms with Gasteiger partial charge in [-0.15, -0.1) is 0 Å². The van der Waals surface area contributed by atoms with Crippen LogP contribution in [-0.4, -0.2) is 19.0 Å². The second-order valence-corrected chi connectivity index (χ2v) is 6.06. The van der Waals surface area contributed by atoms with Gasteiger partial charge in [0.25, 0.3) is 5.91 Å². The normalized spacial score (nSPS) is 14.6. The van der Waals surface area contributed by atoms with Gasteiger partial charge in [0.1, 0.15) is 5.82 Å². The smallest absolute Gasteiger partial charge is 0.257 e. The molecule has 1 amide bonds. The van der Waals surface area contributed by atoms with Crippen LogP contribution in [0.3, 0.4) is 0 Å². The first kappa shape index (κ1) is 15.8. The molecular weight excluding hydrogens is 315 g/mol. The summed E-state index contributed by atoms with van der Waals surface area (Å²) in [5.74, 6) is -0.662. The fraction of sp³-hybridized carbons (Fsp3) is 0.278. The Balaban J connectivity index is 1.75. The summed E-state index contributed by atoms with van der Waals surface area (Å²) < 4.78 is 14.3. The molecule has 0 aliphatic carbocycles. The van der Waals surface area contributed by atoms with Crippen LogP contribution in [0.1, 0.15) is 29.6 Å². The highest BCUT2D eigenvalue weighted by molar-refractivity contribution is 6.34. The van der Waals surface area contributed by atoms with Crippen molar-refractivity contribution in [2.45, 2.75) is 19.3 Å². The van der Waals surface area contributed by atoms with Crippen LogP contribution >= 0.6 is 11.6 Å². The average molecular weight is 333 g/mol. The van der Waals surface area contributed by atoms with Gasteiger partial charge in [-0.05, 0) is 49.6 Å².